The Balaban J connectivity index is 2.31. The van der Waals surface area contributed by atoms with Crippen LogP contribution in [-0.2, 0) is 16.6 Å². The van der Waals surface area contributed by atoms with E-state index in [1.54, 1.807) is 24.3 Å². The van der Waals surface area contributed by atoms with Gasteiger partial charge in [-0.05, 0) is 23.0 Å². The topological polar surface area (TPSA) is 80.4 Å². The molecular formula is C20H23NO3. The second-order valence-corrected chi connectivity index (χ2v) is 6.96. The Labute approximate surface area is 142 Å². The number of carbonyl (C=O) groups excluding carboxylic acids is 1. The standard InChI is InChI=1S/C20H23NO3/c1-20(2,3)15-10-8-13(9-11-15)18(22)16-7-5-4-6-14(16)12-17(21)19(23)24/h4-11,17H,12,21H2,1-3H3,(H,23,24). The molecule has 0 amide bonds. The molecule has 0 saturated carbocycles. The van der Waals surface area contributed by atoms with Crippen molar-refractivity contribution in [1.82, 2.24) is 0 Å². The normalized spacial score (nSPS) is 12.7. The number of ketones is 1. The molecule has 1 unspecified atom stereocenters. The number of aliphatic carboxylic acids is 1. The molecule has 0 aromatic heterocycles. The largest absolute Gasteiger partial charge is 0.480 e. The van der Waals surface area contributed by atoms with Crippen molar-refractivity contribution in [1.29, 1.82) is 0 Å². The quantitative estimate of drug-likeness (QED) is 0.828. The predicted molar refractivity (Wildman–Crippen MR) is 94.3 cm³/mol. The van der Waals surface area contributed by atoms with Gasteiger partial charge in [0.25, 0.3) is 0 Å². The minimum absolute atomic E-state index is 0.0216. The van der Waals surface area contributed by atoms with E-state index >= 15 is 0 Å². The van der Waals surface area contributed by atoms with Gasteiger partial charge in [-0.15, -0.1) is 0 Å². The molecule has 0 fully saturated rings. The SMILES string of the molecule is CC(C)(C)c1ccc(C(=O)c2ccccc2CC(N)C(=O)O)cc1. The third-order valence-corrected chi connectivity index (χ3v) is 4.03. The lowest BCUT2D eigenvalue weighted by Crippen LogP contribution is -2.32. The second kappa shape index (κ2) is 6.97. The number of carboxylic acid groups (broad SMARTS) is 1. The third kappa shape index (κ3) is 4.09. The number of carbonyl (C=O) groups is 2. The Morgan fingerprint density at radius 1 is 1.04 bits per heavy atom. The van der Waals surface area contributed by atoms with Gasteiger partial charge in [-0.1, -0.05) is 69.3 Å². The van der Waals surface area contributed by atoms with Crippen LogP contribution >= 0.6 is 0 Å². The third-order valence-electron chi connectivity index (χ3n) is 4.03. The van der Waals surface area contributed by atoms with Crippen molar-refractivity contribution in [2.45, 2.75) is 38.6 Å². The van der Waals surface area contributed by atoms with Gasteiger partial charge in [-0.2, -0.15) is 0 Å². The maximum absolute atomic E-state index is 12.8. The minimum atomic E-state index is -1.08. The molecule has 126 valence electrons. The van der Waals surface area contributed by atoms with Crippen LogP contribution in [0.3, 0.4) is 0 Å². The van der Waals surface area contributed by atoms with Gasteiger partial charge in [-0.3, -0.25) is 9.59 Å². The summed E-state index contributed by atoms with van der Waals surface area (Å²) in [6, 6.07) is 13.5. The maximum atomic E-state index is 12.8. The fourth-order valence-corrected chi connectivity index (χ4v) is 2.52. The summed E-state index contributed by atoms with van der Waals surface area (Å²) in [5.41, 5.74) is 8.52. The lowest BCUT2D eigenvalue weighted by atomic mass is 9.86. The molecular weight excluding hydrogens is 302 g/mol. The molecule has 0 heterocycles. The first kappa shape index (κ1) is 17.9. The number of hydrogen-bond acceptors (Lipinski definition) is 3. The highest BCUT2D eigenvalue weighted by Crippen LogP contribution is 2.23. The summed E-state index contributed by atoms with van der Waals surface area (Å²) in [6.07, 6.45) is 0.122. The predicted octanol–water partition coefficient (Wildman–Crippen LogP) is 3.17. The fourth-order valence-electron chi connectivity index (χ4n) is 2.52. The number of nitrogens with two attached hydrogens (primary N) is 1. The molecule has 0 saturated heterocycles. The van der Waals surface area contributed by atoms with E-state index in [9.17, 15) is 9.59 Å². The van der Waals surface area contributed by atoms with Crippen LogP contribution in [0.2, 0.25) is 0 Å². The molecule has 0 aliphatic heterocycles. The van der Waals surface area contributed by atoms with Crippen LogP contribution in [0.5, 0.6) is 0 Å². The van der Waals surface area contributed by atoms with Crippen LogP contribution in [0.1, 0.15) is 47.8 Å². The van der Waals surface area contributed by atoms with Gasteiger partial charge in [-0.25, -0.2) is 0 Å². The van der Waals surface area contributed by atoms with E-state index in [1.165, 1.54) is 0 Å². The molecule has 4 heteroatoms. The lowest BCUT2D eigenvalue weighted by molar-refractivity contribution is -0.138. The Hall–Kier alpha value is -2.46. The van der Waals surface area contributed by atoms with Crippen LogP contribution in [0.4, 0.5) is 0 Å². The highest BCUT2D eigenvalue weighted by molar-refractivity contribution is 6.10. The van der Waals surface area contributed by atoms with E-state index in [2.05, 4.69) is 20.8 Å². The maximum Gasteiger partial charge on any atom is 0.320 e. The fraction of sp³-hybridized carbons (Fsp3) is 0.300. The van der Waals surface area contributed by atoms with Crippen LogP contribution in [0.25, 0.3) is 0 Å². The van der Waals surface area contributed by atoms with Crippen molar-refractivity contribution in [2.24, 2.45) is 5.73 Å². The smallest absolute Gasteiger partial charge is 0.320 e. The van der Waals surface area contributed by atoms with E-state index in [-0.39, 0.29) is 17.6 Å². The summed E-state index contributed by atoms with van der Waals surface area (Å²) in [4.78, 5) is 23.8. The first-order valence-corrected chi connectivity index (χ1v) is 7.91. The summed E-state index contributed by atoms with van der Waals surface area (Å²) in [5, 5.41) is 8.99. The molecule has 0 aliphatic carbocycles. The van der Waals surface area contributed by atoms with Crippen LogP contribution in [0, 0.1) is 0 Å². The Morgan fingerprint density at radius 2 is 1.62 bits per heavy atom. The number of hydrogen-bond donors (Lipinski definition) is 2. The molecule has 3 N–H and O–H groups in total. The highest BCUT2D eigenvalue weighted by Gasteiger charge is 2.19. The summed E-state index contributed by atoms with van der Waals surface area (Å²) >= 11 is 0. The summed E-state index contributed by atoms with van der Waals surface area (Å²) in [7, 11) is 0. The number of benzene rings is 2. The molecule has 0 radical (unpaired) electrons. The van der Waals surface area contributed by atoms with E-state index in [0.29, 0.717) is 16.7 Å². The molecule has 1 atom stereocenters. The van der Waals surface area contributed by atoms with E-state index < -0.39 is 12.0 Å². The molecule has 4 nitrogen and oxygen atoms in total. The van der Waals surface area contributed by atoms with Crippen LogP contribution < -0.4 is 5.73 Å². The molecule has 0 bridgehead atoms. The molecule has 2 aromatic carbocycles. The Bertz CT molecular complexity index is 742. The molecule has 0 spiro atoms. The van der Waals surface area contributed by atoms with Gasteiger partial charge in [0.2, 0.25) is 0 Å². The zero-order valence-electron chi connectivity index (χ0n) is 14.2. The first-order valence-electron chi connectivity index (χ1n) is 7.91. The van der Waals surface area contributed by atoms with Crippen molar-refractivity contribution >= 4 is 11.8 Å². The molecule has 2 rings (SSSR count). The average Bonchev–Trinajstić information content (AvgIpc) is 2.54. The van der Waals surface area contributed by atoms with Gasteiger partial charge in [0, 0.05) is 11.1 Å². The van der Waals surface area contributed by atoms with Gasteiger partial charge < -0.3 is 10.8 Å². The van der Waals surface area contributed by atoms with Crippen molar-refractivity contribution in [3.8, 4) is 0 Å². The van der Waals surface area contributed by atoms with Crippen molar-refractivity contribution in [3.63, 3.8) is 0 Å². The van der Waals surface area contributed by atoms with Crippen LogP contribution in [0.15, 0.2) is 48.5 Å². The molecule has 2 aromatic rings. The summed E-state index contributed by atoms with van der Waals surface area (Å²) < 4.78 is 0. The average molecular weight is 325 g/mol. The van der Waals surface area contributed by atoms with E-state index in [4.69, 9.17) is 10.8 Å². The monoisotopic (exact) mass is 325 g/mol. The van der Waals surface area contributed by atoms with E-state index in [0.717, 1.165) is 5.56 Å². The van der Waals surface area contributed by atoms with Crippen molar-refractivity contribution < 1.29 is 14.7 Å². The van der Waals surface area contributed by atoms with Crippen molar-refractivity contribution in [2.75, 3.05) is 0 Å². The first-order chi connectivity index (χ1) is 11.2. The zero-order valence-corrected chi connectivity index (χ0v) is 14.2. The van der Waals surface area contributed by atoms with E-state index in [1.807, 2.05) is 24.3 Å². The van der Waals surface area contributed by atoms with Gasteiger partial charge >= 0.3 is 5.97 Å². The second-order valence-electron chi connectivity index (χ2n) is 6.96. The van der Waals surface area contributed by atoms with Crippen LogP contribution in [-0.4, -0.2) is 22.9 Å². The Kier molecular flexibility index (Phi) is 5.20. The van der Waals surface area contributed by atoms with Gasteiger partial charge in [0.1, 0.15) is 6.04 Å². The highest BCUT2D eigenvalue weighted by atomic mass is 16.4. The van der Waals surface area contributed by atoms with Gasteiger partial charge in [0.15, 0.2) is 5.78 Å². The lowest BCUT2D eigenvalue weighted by Gasteiger charge is -2.19. The molecule has 24 heavy (non-hydrogen) atoms. The molecule has 0 aliphatic rings. The summed E-state index contributed by atoms with van der Waals surface area (Å²) in [6.45, 7) is 6.35. The summed E-state index contributed by atoms with van der Waals surface area (Å²) in [5.74, 6) is -1.20. The van der Waals surface area contributed by atoms with Gasteiger partial charge in [0.05, 0.1) is 0 Å². The van der Waals surface area contributed by atoms with Crippen molar-refractivity contribution in [3.05, 3.63) is 70.8 Å². The number of carboxylic acids is 1. The zero-order chi connectivity index (χ0) is 17.9. The number of rotatable bonds is 5. The minimum Gasteiger partial charge on any atom is -0.480 e. The Morgan fingerprint density at radius 3 is 2.17 bits per heavy atom.